The van der Waals surface area contributed by atoms with Gasteiger partial charge in [0.05, 0.1) is 23.9 Å². The number of allylic oxidation sites excluding steroid dienone is 2. The Bertz CT molecular complexity index is 1000. The smallest absolute Gasteiger partial charge is 0.281 e. The van der Waals surface area contributed by atoms with Crippen molar-refractivity contribution in [3.63, 3.8) is 0 Å². The van der Waals surface area contributed by atoms with E-state index in [1.165, 1.54) is 32.1 Å². The highest BCUT2D eigenvalue weighted by molar-refractivity contribution is 6.40. The van der Waals surface area contributed by atoms with Gasteiger partial charge in [-0.3, -0.25) is 15.2 Å². The molecule has 1 aromatic rings. The topological polar surface area (TPSA) is 57.2 Å². The van der Waals surface area contributed by atoms with Gasteiger partial charge in [0, 0.05) is 30.5 Å². The van der Waals surface area contributed by atoms with Gasteiger partial charge in [0.1, 0.15) is 11.5 Å². The van der Waals surface area contributed by atoms with E-state index in [-0.39, 0.29) is 17.9 Å². The molecule has 0 saturated heterocycles. The normalized spacial score (nSPS) is 22.2. The molecule has 1 aliphatic heterocycles. The van der Waals surface area contributed by atoms with Gasteiger partial charge in [0.25, 0.3) is 5.91 Å². The number of hydrazone groups is 1. The minimum absolute atomic E-state index is 0.0303. The molecule has 36 heavy (non-hydrogen) atoms. The molecule has 2 aliphatic carbocycles. The van der Waals surface area contributed by atoms with E-state index in [0.717, 1.165) is 49.7 Å². The van der Waals surface area contributed by atoms with Gasteiger partial charge in [0.2, 0.25) is 0 Å². The molecular formula is C28H38Cl2N4O2. The molecular weight excluding hydrogens is 495 g/mol. The number of methoxy groups -OCH3 is 1. The van der Waals surface area contributed by atoms with E-state index in [2.05, 4.69) is 29.5 Å². The van der Waals surface area contributed by atoms with Crippen LogP contribution in [0.15, 0.2) is 47.3 Å². The number of carbonyl (C=O) groups is 1. The number of anilines is 1. The first-order valence-corrected chi connectivity index (χ1v) is 14.0. The average Bonchev–Trinajstić information content (AvgIpc) is 3.55. The second-order valence-corrected chi connectivity index (χ2v) is 10.9. The SMILES string of the molecule is CCCN(CCCC1CCCC1)NC(=O)C1=NN(c2ccc(Cl)cc2Cl)C(C2C=CC(OC)=CC2)C1. The van der Waals surface area contributed by atoms with Crippen molar-refractivity contribution >= 4 is 40.5 Å². The number of hydrogen-bond donors (Lipinski definition) is 1. The summed E-state index contributed by atoms with van der Waals surface area (Å²) in [5.41, 5.74) is 4.43. The molecule has 1 saturated carbocycles. The summed E-state index contributed by atoms with van der Waals surface area (Å²) < 4.78 is 5.36. The molecule has 2 unspecified atom stereocenters. The maximum atomic E-state index is 13.4. The Morgan fingerprint density at radius 3 is 2.72 bits per heavy atom. The molecule has 1 fully saturated rings. The fourth-order valence-corrected chi connectivity index (χ4v) is 6.02. The van der Waals surface area contributed by atoms with E-state index in [4.69, 9.17) is 33.0 Å². The van der Waals surface area contributed by atoms with Crippen molar-refractivity contribution in [3.8, 4) is 0 Å². The Balaban J connectivity index is 1.46. The van der Waals surface area contributed by atoms with Crippen LogP contribution in [0.4, 0.5) is 5.69 Å². The van der Waals surface area contributed by atoms with Crippen LogP contribution in [0.5, 0.6) is 0 Å². The molecule has 3 aliphatic rings. The van der Waals surface area contributed by atoms with Crippen molar-refractivity contribution < 1.29 is 9.53 Å². The van der Waals surface area contributed by atoms with Crippen LogP contribution in [0, 0.1) is 11.8 Å². The third kappa shape index (κ3) is 6.84. The first-order chi connectivity index (χ1) is 17.5. The minimum atomic E-state index is -0.130. The number of amides is 1. The number of ether oxygens (including phenoxy) is 1. The van der Waals surface area contributed by atoms with E-state index >= 15 is 0 Å². The van der Waals surface area contributed by atoms with Gasteiger partial charge in [-0.15, -0.1) is 0 Å². The highest BCUT2D eigenvalue weighted by atomic mass is 35.5. The maximum absolute atomic E-state index is 13.4. The Hall–Kier alpha value is -2.02. The van der Waals surface area contributed by atoms with Crippen LogP contribution in [0.3, 0.4) is 0 Å². The summed E-state index contributed by atoms with van der Waals surface area (Å²) in [6.45, 7) is 3.84. The fraction of sp³-hybridized carbons (Fsp3) is 0.571. The number of nitrogens with one attached hydrogen (secondary N) is 1. The molecule has 8 heteroatoms. The standard InChI is InChI=1S/C28H38Cl2N4O2/c1-3-16-33(17-6-9-20-7-4-5-8-20)32-28(35)25-19-27(21-10-13-23(36-2)14-11-21)34(31-25)26-15-12-22(29)18-24(26)30/h10,12-15,18,20-21,27H,3-9,11,16-17,19H2,1-2H3,(H,32,35). The summed E-state index contributed by atoms with van der Waals surface area (Å²) in [6.07, 6.45) is 16.3. The Morgan fingerprint density at radius 2 is 2.06 bits per heavy atom. The van der Waals surface area contributed by atoms with E-state index in [1.54, 1.807) is 19.2 Å². The summed E-state index contributed by atoms with van der Waals surface area (Å²) in [4.78, 5) is 13.4. The summed E-state index contributed by atoms with van der Waals surface area (Å²) in [6, 6.07) is 5.37. The van der Waals surface area contributed by atoms with Crippen LogP contribution >= 0.6 is 23.2 Å². The molecule has 1 heterocycles. The van der Waals surface area contributed by atoms with Crippen LogP contribution in [-0.2, 0) is 9.53 Å². The molecule has 0 radical (unpaired) electrons. The summed E-state index contributed by atoms with van der Waals surface area (Å²) >= 11 is 12.7. The molecule has 0 bridgehead atoms. The number of hydrogen-bond acceptors (Lipinski definition) is 5. The monoisotopic (exact) mass is 532 g/mol. The van der Waals surface area contributed by atoms with Gasteiger partial charge >= 0.3 is 0 Å². The number of rotatable bonds is 11. The predicted molar refractivity (Wildman–Crippen MR) is 148 cm³/mol. The van der Waals surface area contributed by atoms with Gasteiger partial charge in [-0.05, 0) is 62.0 Å². The van der Waals surface area contributed by atoms with Gasteiger partial charge in [-0.1, -0.05) is 61.9 Å². The quantitative estimate of drug-likeness (QED) is 0.320. The number of nitrogens with zero attached hydrogens (tertiary/aromatic N) is 3. The predicted octanol–water partition coefficient (Wildman–Crippen LogP) is 6.75. The molecule has 0 spiro atoms. The highest BCUT2D eigenvalue weighted by Crippen LogP contribution is 2.38. The highest BCUT2D eigenvalue weighted by Gasteiger charge is 2.37. The third-order valence-electron chi connectivity index (χ3n) is 7.46. The summed E-state index contributed by atoms with van der Waals surface area (Å²) in [5, 5.41) is 9.86. The number of benzene rings is 1. The average molecular weight is 534 g/mol. The zero-order valence-corrected chi connectivity index (χ0v) is 22.9. The van der Waals surface area contributed by atoms with E-state index in [0.29, 0.717) is 22.2 Å². The van der Waals surface area contributed by atoms with Crippen LogP contribution in [0.1, 0.15) is 64.7 Å². The second-order valence-electron chi connectivity index (χ2n) is 10.0. The van der Waals surface area contributed by atoms with Crippen LogP contribution < -0.4 is 10.4 Å². The number of hydrazine groups is 1. The Labute approximate surface area is 225 Å². The van der Waals surface area contributed by atoms with Gasteiger partial charge in [0.15, 0.2) is 0 Å². The van der Waals surface area contributed by atoms with Crippen molar-refractivity contribution in [2.24, 2.45) is 16.9 Å². The fourth-order valence-electron chi connectivity index (χ4n) is 5.53. The molecule has 6 nitrogen and oxygen atoms in total. The third-order valence-corrected chi connectivity index (χ3v) is 8.00. The zero-order chi connectivity index (χ0) is 25.5. The summed E-state index contributed by atoms with van der Waals surface area (Å²) in [7, 11) is 1.67. The van der Waals surface area contributed by atoms with Gasteiger partial charge in [-0.25, -0.2) is 5.01 Å². The molecule has 4 rings (SSSR count). The molecule has 2 atom stereocenters. The zero-order valence-electron chi connectivity index (χ0n) is 21.4. The van der Waals surface area contributed by atoms with Crippen LogP contribution in [0.25, 0.3) is 0 Å². The minimum Gasteiger partial charge on any atom is -0.497 e. The lowest BCUT2D eigenvalue weighted by Crippen LogP contribution is -2.46. The second kappa shape index (κ2) is 13.0. The van der Waals surface area contributed by atoms with E-state index in [1.807, 2.05) is 17.2 Å². The molecule has 1 N–H and O–H groups in total. The van der Waals surface area contributed by atoms with E-state index < -0.39 is 0 Å². The largest absolute Gasteiger partial charge is 0.497 e. The first kappa shape index (κ1) is 27.0. The summed E-state index contributed by atoms with van der Waals surface area (Å²) in [5.74, 6) is 1.75. The molecule has 1 amide bonds. The first-order valence-electron chi connectivity index (χ1n) is 13.3. The lowest BCUT2D eigenvalue weighted by Gasteiger charge is -2.30. The van der Waals surface area contributed by atoms with Crippen LogP contribution in [0.2, 0.25) is 10.0 Å². The Kier molecular flexibility index (Phi) is 9.74. The van der Waals surface area contributed by atoms with Crippen molar-refractivity contribution in [2.75, 3.05) is 25.2 Å². The maximum Gasteiger partial charge on any atom is 0.281 e. The number of carbonyl (C=O) groups excluding carboxylic acids is 1. The van der Waals surface area contributed by atoms with Gasteiger partial charge < -0.3 is 4.74 Å². The van der Waals surface area contributed by atoms with Gasteiger partial charge in [-0.2, -0.15) is 5.10 Å². The lowest BCUT2D eigenvalue weighted by atomic mass is 9.89. The van der Waals surface area contributed by atoms with Crippen molar-refractivity contribution in [1.29, 1.82) is 0 Å². The van der Waals surface area contributed by atoms with E-state index in [9.17, 15) is 4.79 Å². The Morgan fingerprint density at radius 1 is 1.25 bits per heavy atom. The van der Waals surface area contributed by atoms with Crippen molar-refractivity contribution in [2.45, 2.75) is 70.8 Å². The molecule has 196 valence electrons. The van der Waals surface area contributed by atoms with Crippen molar-refractivity contribution in [3.05, 3.63) is 52.2 Å². The number of halogens is 2. The lowest BCUT2D eigenvalue weighted by molar-refractivity contribution is -0.119. The van der Waals surface area contributed by atoms with Crippen LogP contribution in [-0.4, -0.2) is 42.9 Å². The molecule has 1 aromatic carbocycles. The molecule has 0 aromatic heterocycles. The van der Waals surface area contributed by atoms with Crippen molar-refractivity contribution in [1.82, 2.24) is 10.4 Å².